The number of amides is 2. The van der Waals surface area contributed by atoms with E-state index in [2.05, 4.69) is 5.32 Å². The SMILES string of the molecule is COc1ccc(CN2C(=O)C34CCC3(CNC4)C2=O)cc1. The molecule has 110 valence electrons. The number of likely N-dealkylation sites (tertiary alicyclic amines) is 1. The van der Waals surface area contributed by atoms with Crippen molar-refractivity contribution in [1.29, 1.82) is 0 Å². The molecule has 5 nitrogen and oxygen atoms in total. The smallest absolute Gasteiger partial charge is 0.238 e. The van der Waals surface area contributed by atoms with Crippen LogP contribution >= 0.6 is 0 Å². The Balaban J connectivity index is 1.61. The van der Waals surface area contributed by atoms with Crippen molar-refractivity contribution in [3.05, 3.63) is 29.8 Å². The lowest BCUT2D eigenvalue weighted by atomic mass is 9.52. The van der Waals surface area contributed by atoms with Gasteiger partial charge in [-0.3, -0.25) is 14.5 Å². The van der Waals surface area contributed by atoms with Crippen LogP contribution in [0.2, 0.25) is 0 Å². The molecular formula is C16H18N2O3. The van der Waals surface area contributed by atoms with Crippen molar-refractivity contribution in [3.8, 4) is 5.75 Å². The maximum Gasteiger partial charge on any atom is 0.238 e. The highest BCUT2D eigenvalue weighted by atomic mass is 16.5. The monoisotopic (exact) mass is 286 g/mol. The number of methoxy groups -OCH3 is 1. The van der Waals surface area contributed by atoms with Crippen molar-refractivity contribution < 1.29 is 14.3 Å². The number of carbonyl (C=O) groups is 2. The Morgan fingerprint density at radius 1 is 1.10 bits per heavy atom. The van der Waals surface area contributed by atoms with Crippen LogP contribution in [-0.2, 0) is 16.1 Å². The summed E-state index contributed by atoms with van der Waals surface area (Å²) in [5.41, 5.74) is 0.0604. The van der Waals surface area contributed by atoms with Crippen molar-refractivity contribution in [2.75, 3.05) is 20.2 Å². The van der Waals surface area contributed by atoms with Crippen LogP contribution in [0.1, 0.15) is 18.4 Å². The van der Waals surface area contributed by atoms with Crippen molar-refractivity contribution in [2.24, 2.45) is 10.8 Å². The quantitative estimate of drug-likeness (QED) is 0.840. The van der Waals surface area contributed by atoms with Gasteiger partial charge in [-0.15, -0.1) is 0 Å². The van der Waals surface area contributed by atoms with Crippen LogP contribution in [0.4, 0.5) is 0 Å². The Bertz CT molecular complexity index is 597. The van der Waals surface area contributed by atoms with Crippen LogP contribution in [0.5, 0.6) is 5.75 Å². The second-order valence-electron chi connectivity index (χ2n) is 6.31. The van der Waals surface area contributed by atoms with Crippen LogP contribution in [0, 0.1) is 10.8 Å². The topological polar surface area (TPSA) is 58.6 Å². The van der Waals surface area contributed by atoms with Gasteiger partial charge in [-0.25, -0.2) is 0 Å². The molecule has 4 rings (SSSR count). The summed E-state index contributed by atoms with van der Waals surface area (Å²) >= 11 is 0. The molecule has 3 fully saturated rings. The molecule has 2 unspecified atom stereocenters. The van der Waals surface area contributed by atoms with Gasteiger partial charge in [0.2, 0.25) is 11.8 Å². The first-order valence-corrected chi connectivity index (χ1v) is 7.33. The molecule has 1 aromatic rings. The molecule has 1 aromatic carbocycles. The Hall–Kier alpha value is -1.88. The Kier molecular flexibility index (Phi) is 2.49. The Morgan fingerprint density at radius 2 is 1.67 bits per heavy atom. The highest BCUT2D eigenvalue weighted by Crippen LogP contribution is 2.64. The van der Waals surface area contributed by atoms with E-state index in [1.54, 1.807) is 7.11 Å². The molecule has 21 heavy (non-hydrogen) atoms. The predicted octanol–water partition coefficient (Wildman–Crippen LogP) is 0.934. The second kappa shape index (κ2) is 4.07. The third-order valence-corrected chi connectivity index (χ3v) is 5.56. The van der Waals surface area contributed by atoms with Gasteiger partial charge in [0, 0.05) is 13.1 Å². The van der Waals surface area contributed by atoms with Gasteiger partial charge in [0.25, 0.3) is 0 Å². The molecule has 2 saturated heterocycles. The molecule has 1 saturated carbocycles. The molecule has 0 bridgehead atoms. The molecule has 0 aromatic heterocycles. The number of benzene rings is 1. The van der Waals surface area contributed by atoms with Crippen molar-refractivity contribution in [1.82, 2.24) is 10.2 Å². The summed E-state index contributed by atoms with van der Waals surface area (Å²) in [6.45, 7) is 1.67. The molecule has 3 aliphatic rings. The predicted molar refractivity (Wildman–Crippen MR) is 75.5 cm³/mol. The molecule has 1 N–H and O–H groups in total. The minimum absolute atomic E-state index is 0.0135. The van der Waals surface area contributed by atoms with E-state index in [0.29, 0.717) is 19.6 Å². The number of hydrogen-bond donors (Lipinski definition) is 1. The summed E-state index contributed by atoms with van der Waals surface area (Å²) < 4.78 is 5.13. The van der Waals surface area contributed by atoms with Crippen molar-refractivity contribution in [2.45, 2.75) is 19.4 Å². The lowest BCUT2D eigenvalue weighted by molar-refractivity contribution is -0.142. The number of nitrogens with zero attached hydrogens (tertiary/aromatic N) is 1. The number of hydrogen-bond acceptors (Lipinski definition) is 4. The summed E-state index contributed by atoms with van der Waals surface area (Å²) in [6, 6.07) is 7.52. The average molecular weight is 286 g/mol. The van der Waals surface area contributed by atoms with Crippen LogP contribution in [0.3, 0.4) is 0 Å². The van der Waals surface area contributed by atoms with Crippen LogP contribution in [0.15, 0.2) is 24.3 Å². The fraction of sp³-hybridized carbons (Fsp3) is 0.500. The summed E-state index contributed by atoms with van der Waals surface area (Å²) in [5.74, 6) is 0.801. The first kappa shape index (κ1) is 12.8. The number of rotatable bonds is 3. The first-order valence-electron chi connectivity index (χ1n) is 7.33. The molecule has 2 aliphatic heterocycles. The van der Waals surface area contributed by atoms with Crippen LogP contribution in [-0.4, -0.2) is 36.9 Å². The highest BCUT2D eigenvalue weighted by Gasteiger charge is 2.76. The van der Waals surface area contributed by atoms with Gasteiger partial charge in [-0.05, 0) is 30.5 Å². The zero-order valence-corrected chi connectivity index (χ0v) is 12.0. The van der Waals surface area contributed by atoms with Gasteiger partial charge < -0.3 is 10.1 Å². The fourth-order valence-corrected chi connectivity index (χ4v) is 4.17. The van der Waals surface area contributed by atoms with E-state index in [0.717, 1.165) is 24.2 Å². The summed E-state index contributed by atoms with van der Waals surface area (Å²) in [4.78, 5) is 27.0. The standard InChI is InChI=1S/C16H18N2O3/c1-21-12-4-2-11(3-5-12)8-18-13(19)15-6-7-16(15,14(18)20)10-17-9-15/h2-5,17H,6-10H2,1H3. The van der Waals surface area contributed by atoms with Crippen LogP contribution in [0.25, 0.3) is 0 Å². The van der Waals surface area contributed by atoms with E-state index in [1.807, 2.05) is 24.3 Å². The summed E-state index contributed by atoms with van der Waals surface area (Å²) in [5, 5.41) is 3.24. The lowest BCUT2D eigenvalue weighted by Gasteiger charge is -2.44. The van der Waals surface area contributed by atoms with Gasteiger partial charge in [-0.2, -0.15) is 0 Å². The van der Waals surface area contributed by atoms with Gasteiger partial charge in [0.1, 0.15) is 5.75 Å². The number of nitrogens with one attached hydrogen (secondary N) is 1. The first-order chi connectivity index (χ1) is 10.1. The molecule has 2 amide bonds. The molecule has 1 aliphatic carbocycles. The summed E-state index contributed by atoms with van der Waals surface area (Å²) in [7, 11) is 1.62. The van der Waals surface area contributed by atoms with Gasteiger partial charge in [-0.1, -0.05) is 12.1 Å². The zero-order chi connectivity index (χ0) is 14.7. The minimum Gasteiger partial charge on any atom is -0.497 e. The molecule has 5 heteroatoms. The van der Waals surface area contributed by atoms with E-state index in [4.69, 9.17) is 4.74 Å². The van der Waals surface area contributed by atoms with E-state index in [-0.39, 0.29) is 11.8 Å². The largest absolute Gasteiger partial charge is 0.497 e. The molecule has 2 atom stereocenters. The van der Waals surface area contributed by atoms with Crippen molar-refractivity contribution in [3.63, 3.8) is 0 Å². The Labute approximate surface area is 123 Å². The van der Waals surface area contributed by atoms with E-state index in [9.17, 15) is 9.59 Å². The van der Waals surface area contributed by atoms with Crippen LogP contribution < -0.4 is 10.1 Å². The Morgan fingerprint density at radius 3 is 2.14 bits per heavy atom. The van der Waals surface area contributed by atoms with E-state index in [1.165, 1.54) is 4.90 Å². The lowest BCUT2D eigenvalue weighted by Crippen LogP contribution is -2.52. The zero-order valence-electron chi connectivity index (χ0n) is 12.0. The molecular weight excluding hydrogens is 268 g/mol. The van der Waals surface area contributed by atoms with Gasteiger partial charge in [0.15, 0.2) is 0 Å². The second-order valence-corrected chi connectivity index (χ2v) is 6.31. The average Bonchev–Trinajstić information content (AvgIpc) is 2.81. The molecule has 0 spiro atoms. The highest BCUT2D eigenvalue weighted by molar-refractivity contribution is 6.11. The fourth-order valence-electron chi connectivity index (χ4n) is 4.17. The molecule has 2 heterocycles. The maximum atomic E-state index is 12.7. The van der Waals surface area contributed by atoms with Gasteiger partial charge in [0.05, 0.1) is 24.5 Å². The van der Waals surface area contributed by atoms with Crippen molar-refractivity contribution >= 4 is 11.8 Å². The normalized spacial score (nSPS) is 33.7. The number of carbonyl (C=O) groups excluding carboxylic acids is 2. The maximum absolute atomic E-state index is 12.7. The number of ether oxygens (including phenoxy) is 1. The number of imide groups is 1. The van der Waals surface area contributed by atoms with E-state index >= 15 is 0 Å². The minimum atomic E-state index is -0.448. The molecule has 0 radical (unpaired) electrons. The third kappa shape index (κ3) is 1.39. The van der Waals surface area contributed by atoms with Gasteiger partial charge >= 0.3 is 0 Å². The third-order valence-electron chi connectivity index (χ3n) is 5.56. The van der Waals surface area contributed by atoms with E-state index < -0.39 is 10.8 Å². The summed E-state index contributed by atoms with van der Waals surface area (Å²) in [6.07, 6.45) is 1.67.